The van der Waals surface area contributed by atoms with Crippen molar-refractivity contribution in [3.63, 3.8) is 0 Å². The zero-order valence-corrected chi connectivity index (χ0v) is 23.4. The van der Waals surface area contributed by atoms with E-state index in [1.54, 1.807) is 0 Å². The number of H-pyrrole nitrogens is 1. The van der Waals surface area contributed by atoms with Crippen molar-refractivity contribution in [1.29, 1.82) is 0 Å². The first-order chi connectivity index (χ1) is 21.3. The van der Waals surface area contributed by atoms with E-state index in [0.29, 0.717) is 18.4 Å². The van der Waals surface area contributed by atoms with Crippen molar-refractivity contribution in [2.75, 3.05) is 20.2 Å². The molecule has 0 spiro atoms. The Bertz CT molecular complexity index is 1990. The number of alkyl halides is 6. The predicted molar refractivity (Wildman–Crippen MR) is 148 cm³/mol. The van der Waals surface area contributed by atoms with Crippen molar-refractivity contribution < 1.29 is 40.3 Å². The number of halogens is 6. The molecule has 3 aromatic heterocycles. The summed E-state index contributed by atoms with van der Waals surface area (Å²) in [5.74, 6) is -0.388. The Labute approximate surface area is 249 Å². The van der Waals surface area contributed by atoms with Crippen LogP contribution in [-0.2, 0) is 18.9 Å². The van der Waals surface area contributed by atoms with Crippen molar-refractivity contribution in [3.05, 3.63) is 75.7 Å². The van der Waals surface area contributed by atoms with E-state index in [9.17, 15) is 35.9 Å². The molecule has 0 saturated carbocycles. The van der Waals surface area contributed by atoms with E-state index in [0.717, 1.165) is 18.2 Å². The Hall–Kier alpha value is -4.86. The van der Waals surface area contributed by atoms with Crippen molar-refractivity contribution >= 4 is 27.8 Å². The molecule has 2 aromatic carbocycles. The maximum Gasteiger partial charge on any atom is 0.433 e. The number of piperidine rings is 1. The number of nitrogens with one attached hydrogen (secondary N) is 1. The number of methoxy groups -OCH3 is 1. The molecule has 1 fully saturated rings. The second kappa shape index (κ2) is 10.9. The summed E-state index contributed by atoms with van der Waals surface area (Å²) in [6.07, 6.45) is -8.58. The molecule has 0 bridgehead atoms. The largest absolute Gasteiger partial charge is 0.494 e. The summed E-state index contributed by atoms with van der Waals surface area (Å²) in [5.41, 5.74) is 3.83. The number of fused-ring (bicyclic) bond motifs is 2. The third-order valence-electron chi connectivity index (χ3n) is 7.81. The first kappa shape index (κ1) is 30.2. The molecule has 1 aliphatic rings. The number of amides is 1. The Morgan fingerprint density at radius 2 is 1.78 bits per heavy atom. The van der Waals surface area contributed by atoms with Gasteiger partial charge in [0.1, 0.15) is 17.0 Å². The third kappa shape index (κ3) is 5.38. The number of aromatic amines is 1. The predicted octanol–water partition coefficient (Wildman–Crippen LogP) is 5.52. The van der Waals surface area contributed by atoms with Crippen LogP contribution in [0.2, 0.25) is 0 Å². The molecule has 5 aromatic rings. The van der Waals surface area contributed by atoms with Gasteiger partial charge in [-0.25, -0.2) is 14.8 Å². The van der Waals surface area contributed by atoms with Crippen LogP contribution >= 0.6 is 0 Å². The van der Waals surface area contributed by atoms with Crippen LogP contribution in [0.4, 0.5) is 26.3 Å². The fourth-order valence-electron chi connectivity index (χ4n) is 5.62. The number of aromatic nitrogens is 4. The molecule has 1 aliphatic heterocycles. The van der Waals surface area contributed by atoms with Crippen molar-refractivity contribution in [3.8, 4) is 17.2 Å². The molecular weight excluding hydrogens is 610 g/mol. The molecule has 3 N–H and O–H groups in total. The number of likely N-dealkylation sites (tertiary alicyclic amines) is 1. The molecule has 0 aliphatic carbocycles. The highest BCUT2D eigenvalue weighted by Crippen LogP contribution is 2.37. The molecule has 0 unspecified atom stereocenters. The van der Waals surface area contributed by atoms with Crippen LogP contribution < -0.4 is 16.2 Å². The average Bonchev–Trinajstić information content (AvgIpc) is 3.59. The molecule has 6 rings (SSSR count). The van der Waals surface area contributed by atoms with E-state index in [1.165, 1.54) is 40.8 Å². The van der Waals surface area contributed by atoms with Crippen LogP contribution in [0.15, 0.2) is 51.7 Å². The number of pyridine rings is 1. The van der Waals surface area contributed by atoms with Crippen molar-refractivity contribution in [2.24, 2.45) is 5.73 Å². The molecular formula is C29H24F6N6O4. The van der Waals surface area contributed by atoms with Gasteiger partial charge in [-0.2, -0.15) is 26.3 Å². The van der Waals surface area contributed by atoms with E-state index >= 15 is 0 Å². The molecule has 10 nitrogen and oxygen atoms in total. The molecule has 1 saturated heterocycles. The fourth-order valence-corrected chi connectivity index (χ4v) is 5.62. The van der Waals surface area contributed by atoms with Crippen molar-refractivity contribution in [1.82, 2.24) is 24.4 Å². The Balaban J connectivity index is 1.26. The number of ether oxygens (including phenoxy) is 1. The van der Waals surface area contributed by atoms with Gasteiger partial charge in [-0.05, 0) is 55.3 Å². The fraction of sp³-hybridized carbons (Fsp3) is 0.310. The lowest BCUT2D eigenvalue weighted by molar-refractivity contribution is -0.141. The monoisotopic (exact) mass is 634 g/mol. The normalized spacial score (nSPS) is 14.9. The maximum atomic E-state index is 13.6. The highest BCUT2D eigenvalue weighted by molar-refractivity contribution is 5.98. The number of carbonyl (C=O) groups excluding carboxylic acids is 1. The lowest BCUT2D eigenvalue weighted by Crippen LogP contribution is -2.41. The van der Waals surface area contributed by atoms with E-state index in [1.807, 2.05) is 0 Å². The third-order valence-corrected chi connectivity index (χ3v) is 7.81. The van der Waals surface area contributed by atoms with E-state index < -0.39 is 35.2 Å². The molecule has 0 radical (unpaired) electrons. The van der Waals surface area contributed by atoms with Gasteiger partial charge < -0.3 is 24.8 Å². The van der Waals surface area contributed by atoms with E-state index in [4.69, 9.17) is 14.9 Å². The zero-order valence-electron chi connectivity index (χ0n) is 23.4. The number of hydrogen-bond acceptors (Lipinski definition) is 7. The average molecular weight is 635 g/mol. The number of hydrogen-bond donors (Lipinski definition) is 2. The Morgan fingerprint density at radius 3 is 2.42 bits per heavy atom. The van der Waals surface area contributed by atoms with Crippen LogP contribution in [0.5, 0.6) is 5.75 Å². The second-order valence-electron chi connectivity index (χ2n) is 10.5. The number of rotatable bonds is 5. The summed E-state index contributed by atoms with van der Waals surface area (Å²) in [5, 5.41) is 0.249. The van der Waals surface area contributed by atoms with Gasteiger partial charge in [0.15, 0.2) is 11.5 Å². The Kier molecular flexibility index (Phi) is 7.34. The van der Waals surface area contributed by atoms with Crippen LogP contribution in [-0.4, -0.2) is 50.5 Å². The van der Waals surface area contributed by atoms with Gasteiger partial charge in [0.2, 0.25) is 5.89 Å². The summed E-state index contributed by atoms with van der Waals surface area (Å²) in [6, 6.07) is 7.66. The smallest absolute Gasteiger partial charge is 0.433 e. The number of imidazole rings is 1. The lowest BCUT2D eigenvalue weighted by Gasteiger charge is -2.32. The van der Waals surface area contributed by atoms with E-state index in [-0.39, 0.29) is 70.8 Å². The van der Waals surface area contributed by atoms with Gasteiger partial charge in [-0.3, -0.25) is 9.36 Å². The highest BCUT2D eigenvalue weighted by Gasteiger charge is 2.35. The van der Waals surface area contributed by atoms with E-state index in [2.05, 4.69) is 15.0 Å². The van der Waals surface area contributed by atoms with Crippen LogP contribution in [0.1, 0.15) is 46.4 Å². The molecule has 0 atom stereocenters. The number of nitrogens with two attached hydrogens (primary N) is 1. The van der Waals surface area contributed by atoms with Crippen molar-refractivity contribution in [2.45, 2.75) is 37.8 Å². The van der Waals surface area contributed by atoms with Crippen LogP contribution in [0.25, 0.3) is 33.4 Å². The number of benzene rings is 2. The molecule has 45 heavy (non-hydrogen) atoms. The molecule has 16 heteroatoms. The summed E-state index contributed by atoms with van der Waals surface area (Å²) in [6.45, 7) is 0.204. The lowest BCUT2D eigenvalue weighted by atomic mass is 10.0. The SMILES string of the molecule is COc1ccc(-c2nc(C(=O)N3CCC(n4c(=O)[nH]c5cc(C(F)(F)F)ccc54)CC3)c(CN)o2)c2ccc(C(F)(F)F)nc12. The van der Waals surface area contributed by atoms with Gasteiger partial charge in [-0.15, -0.1) is 0 Å². The first-order valence-electron chi connectivity index (χ1n) is 13.7. The van der Waals surface area contributed by atoms with Crippen LogP contribution in [0.3, 0.4) is 0 Å². The number of oxazole rings is 1. The minimum atomic E-state index is -4.68. The summed E-state index contributed by atoms with van der Waals surface area (Å²) in [7, 11) is 1.30. The molecule has 4 heterocycles. The van der Waals surface area contributed by atoms with Gasteiger partial charge >= 0.3 is 18.0 Å². The van der Waals surface area contributed by atoms with Gasteiger partial charge in [-0.1, -0.05) is 0 Å². The number of nitrogens with zero attached hydrogens (tertiary/aromatic N) is 4. The Morgan fingerprint density at radius 1 is 1.04 bits per heavy atom. The van der Waals surface area contributed by atoms with Gasteiger partial charge in [0.05, 0.1) is 30.3 Å². The van der Waals surface area contributed by atoms with Gasteiger partial charge in [0.25, 0.3) is 5.91 Å². The molecule has 236 valence electrons. The summed E-state index contributed by atoms with van der Waals surface area (Å²) >= 11 is 0. The topological polar surface area (TPSA) is 132 Å². The quantitative estimate of drug-likeness (QED) is 0.244. The summed E-state index contributed by atoms with van der Waals surface area (Å²) in [4.78, 5) is 38.3. The molecule has 1 amide bonds. The summed E-state index contributed by atoms with van der Waals surface area (Å²) < 4.78 is 91.9. The first-order valence-corrected chi connectivity index (χ1v) is 13.7. The minimum absolute atomic E-state index is 0.0496. The zero-order chi connectivity index (χ0) is 32.3. The van der Waals surface area contributed by atoms with Crippen LogP contribution in [0, 0.1) is 0 Å². The highest BCUT2D eigenvalue weighted by atomic mass is 19.4. The maximum absolute atomic E-state index is 13.6. The van der Waals surface area contributed by atoms with Gasteiger partial charge in [0, 0.05) is 30.1 Å². The second-order valence-corrected chi connectivity index (χ2v) is 10.5. The standard InChI is InChI=1S/C29H24F6N6O4/c1-44-20-6-3-17(16-4-7-22(29(33,34)35)38-23(16)20)25-39-24(21(13-36)45-25)26(42)40-10-8-15(9-11-40)41-19-5-2-14(28(30,31)32)12-18(19)37-27(41)43/h2-7,12,15H,8-11,13,36H2,1H3,(H,37,43). The number of carbonyl (C=O) groups is 1. The minimum Gasteiger partial charge on any atom is -0.494 e.